The van der Waals surface area contributed by atoms with Crippen LogP contribution in [0.15, 0.2) is 18.2 Å². The molecule has 1 N–H and O–H groups in total. The number of rotatable bonds is 5. The second kappa shape index (κ2) is 7.65. The van der Waals surface area contributed by atoms with Gasteiger partial charge in [0.1, 0.15) is 0 Å². The van der Waals surface area contributed by atoms with E-state index in [0.717, 1.165) is 12.5 Å². The van der Waals surface area contributed by atoms with Crippen molar-refractivity contribution in [3.05, 3.63) is 33.8 Å². The number of nitrogens with zero attached hydrogens (tertiary/aromatic N) is 1. The molecule has 1 atom stereocenters. The average molecular weight is 315 g/mol. The maximum absolute atomic E-state index is 6.12. The minimum Gasteiger partial charge on any atom is -0.320 e. The lowest BCUT2D eigenvalue weighted by Crippen LogP contribution is -2.36. The van der Waals surface area contributed by atoms with Crippen LogP contribution in [0.4, 0.5) is 0 Å². The zero-order valence-corrected chi connectivity index (χ0v) is 13.8. The van der Waals surface area contributed by atoms with Gasteiger partial charge in [-0.2, -0.15) is 0 Å². The largest absolute Gasteiger partial charge is 0.320 e. The first-order valence-electron chi connectivity index (χ1n) is 7.45. The van der Waals surface area contributed by atoms with Crippen LogP contribution in [-0.2, 0) is 0 Å². The zero-order valence-electron chi connectivity index (χ0n) is 12.3. The molecule has 1 aliphatic heterocycles. The van der Waals surface area contributed by atoms with E-state index in [9.17, 15) is 0 Å². The van der Waals surface area contributed by atoms with Crippen LogP contribution in [0.3, 0.4) is 0 Å². The first kappa shape index (κ1) is 16.1. The van der Waals surface area contributed by atoms with Crippen LogP contribution in [0.5, 0.6) is 0 Å². The highest BCUT2D eigenvalue weighted by atomic mass is 35.5. The molecule has 1 unspecified atom stereocenters. The molecular formula is C16H24Cl2N2. The molecule has 1 fully saturated rings. The van der Waals surface area contributed by atoms with E-state index in [-0.39, 0.29) is 0 Å². The van der Waals surface area contributed by atoms with Gasteiger partial charge in [0.25, 0.3) is 0 Å². The van der Waals surface area contributed by atoms with Crippen molar-refractivity contribution in [3.8, 4) is 0 Å². The Morgan fingerprint density at radius 3 is 2.55 bits per heavy atom. The second-order valence-electron chi connectivity index (χ2n) is 5.72. The van der Waals surface area contributed by atoms with Crippen molar-refractivity contribution < 1.29 is 0 Å². The van der Waals surface area contributed by atoms with Gasteiger partial charge in [-0.15, -0.1) is 0 Å². The van der Waals surface area contributed by atoms with Gasteiger partial charge < -0.3 is 5.32 Å². The van der Waals surface area contributed by atoms with E-state index in [1.54, 1.807) is 0 Å². The van der Waals surface area contributed by atoms with E-state index in [2.05, 4.69) is 23.2 Å². The monoisotopic (exact) mass is 314 g/mol. The van der Waals surface area contributed by atoms with Crippen LogP contribution in [0, 0.1) is 5.92 Å². The summed E-state index contributed by atoms with van der Waals surface area (Å²) in [6, 6.07) is 6.40. The number of piperidine rings is 1. The Kier molecular flexibility index (Phi) is 6.16. The number of benzene rings is 1. The van der Waals surface area contributed by atoms with Crippen LogP contribution in [0.25, 0.3) is 0 Å². The molecule has 0 aromatic heterocycles. The molecular weight excluding hydrogens is 291 g/mol. The summed E-state index contributed by atoms with van der Waals surface area (Å²) < 4.78 is 0. The fraction of sp³-hybridized carbons (Fsp3) is 0.625. The molecule has 0 spiro atoms. The van der Waals surface area contributed by atoms with Gasteiger partial charge in [-0.25, -0.2) is 0 Å². The average Bonchev–Trinajstić information content (AvgIpc) is 2.48. The number of nitrogens with one attached hydrogen (secondary N) is 1. The van der Waals surface area contributed by atoms with E-state index >= 15 is 0 Å². The molecule has 1 aromatic rings. The Labute approximate surface area is 132 Å². The fourth-order valence-electron chi connectivity index (χ4n) is 2.96. The molecule has 4 heteroatoms. The first-order valence-corrected chi connectivity index (χ1v) is 8.21. The quantitative estimate of drug-likeness (QED) is 0.867. The van der Waals surface area contributed by atoms with Crippen LogP contribution in [-0.4, -0.2) is 31.6 Å². The van der Waals surface area contributed by atoms with Crippen LogP contribution in [0.1, 0.15) is 37.8 Å². The van der Waals surface area contributed by atoms with Crippen molar-refractivity contribution in [3.63, 3.8) is 0 Å². The van der Waals surface area contributed by atoms with Gasteiger partial charge in [0.15, 0.2) is 0 Å². The number of halogens is 2. The molecule has 20 heavy (non-hydrogen) atoms. The number of hydrogen-bond acceptors (Lipinski definition) is 2. The lowest BCUT2D eigenvalue weighted by Gasteiger charge is -2.36. The summed E-state index contributed by atoms with van der Waals surface area (Å²) in [5.41, 5.74) is 1.26. The highest BCUT2D eigenvalue weighted by Crippen LogP contribution is 2.31. The van der Waals surface area contributed by atoms with E-state index in [0.29, 0.717) is 16.1 Å². The molecule has 0 aliphatic carbocycles. The van der Waals surface area contributed by atoms with Crippen molar-refractivity contribution in [2.24, 2.45) is 5.92 Å². The summed E-state index contributed by atoms with van der Waals surface area (Å²) in [6.07, 6.45) is 3.90. The molecule has 0 radical (unpaired) electrons. The van der Waals surface area contributed by atoms with E-state index in [1.807, 2.05) is 19.2 Å². The summed E-state index contributed by atoms with van der Waals surface area (Å²) in [4.78, 5) is 2.55. The van der Waals surface area contributed by atoms with E-state index in [4.69, 9.17) is 23.2 Å². The molecule has 112 valence electrons. The number of hydrogen-bond donors (Lipinski definition) is 1. The molecule has 2 nitrogen and oxygen atoms in total. The van der Waals surface area contributed by atoms with Crippen LogP contribution < -0.4 is 5.32 Å². The predicted molar refractivity (Wildman–Crippen MR) is 87.7 cm³/mol. The maximum atomic E-state index is 6.12. The highest BCUT2D eigenvalue weighted by Gasteiger charge is 2.23. The molecule has 0 bridgehead atoms. The first-order chi connectivity index (χ1) is 9.61. The predicted octanol–water partition coefficient (Wildman–Crippen LogP) is 4.38. The Morgan fingerprint density at radius 1 is 1.25 bits per heavy atom. The highest BCUT2D eigenvalue weighted by molar-refractivity contribution is 6.42. The van der Waals surface area contributed by atoms with Gasteiger partial charge in [-0.3, -0.25) is 4.90 Å². The topological polar surface area (TPSA) is 15.3 Å². The molecule has 1 saturated heterocycles. The normalized spacial score (nSPS) is 19.2. The second-order valence-corrected chi connectivity index (χ2v) is 6.54. The lowest BCUT2D eigenvalue weighted by molar-refractivity contribution is 0.137. The summed E-state index contributed by atoms with van der Waals surface area (Å²) in [6.45, 7) is 5.74. The summed E-state index contributed by atoms with van der Waals surface area (Å²) in [5, 5.41) is 4.53. The van der Waals surface area contributed by atoms with Gasteiger partial charge >= 0.3 is 0 Å². The van der Waals surface area contributed by atoms with Crippen molar-refractivity contribution in [1.29, 1.82) is 0 Å². The van der Waals surface area contributed by atoms with Gasteiger partial charge in [0, 0.05) is 6.04 Å². The number of likely N-dealkylation sites (tertiary alicyclic amines) is 1. The lowest BCUT2D eigenvalue weighted by atomic mass is 9.92. The molecule has 2 rings (SSSR count). The molecule has 0 saturated carbocycles. The molecule has 1 aliphatic rings. The Hall–Kier alpha value is -0.280. The SMILES string of the molecule is CNCCC1CCN(C(C)c2ccc(Cl)c(Cl)c2)CC1. The van der Waals surface area contributed by atoms with Crippen molar-refractivity contribution in [2.75, 3.05) is 26.7 Å². The van der Waals surface area contributed by atoms with Crippen molar-refractivity contribution in [2.45, 2.75) is 32.2 Å². The third kappa shape index (κ3) is 4.11. The standard InChI is InChI=1S/C16H24Cl2N2/c1-12(14-3-4-15(17)16(18)11-14)20-9-6-13(7-10-20)5-8-19-2/h3-4,11-13,19H,5-10H2,1-2H3. The third-order valence-corrected chi connectivity index (χ3v) is 5.16. The van der Waals surface area contributed by atoms with Crippen molar-refractivity contribution in [1.82, 2.24) is 10.2 Å². The molecule has 1 heterocycles. The summed E-state index contributed by atoms with van der Waals surface area (Å²) in [5.74, 6) is 0.875. The molecule has 1 aromatic carbocycles. The van der Waals surface area contributed by atoms with E-state index < -0.39 is 0 Å². The summed E-state index contributed by atoms with van der Waals surface area (Å²) in [7, 11) is 2.03. The van der Waals surface area contributed by atoms with Crippen LogP contribution in [0.2, 0.25) is 10.0 Å². The van der Waals surface area contributed by atoms with Gasteiger partial charge in [0.05, 0.1) is 10.0 Å². The van der Waals surface area contributed by atoms with Gasteiger partial charge in [-0.05, 0) is 76.5 Å². The van der Waals surface area contributed by atoms with Gasteiger partial charge in [-0.1, -0.05) is 29.3 Å². The Balaban J connectivity index is 1.91. The minimum absolute atomic E-state index is 0.412. The maximum Gasteiger partial charge on any atom is 0.0595 e. The third-order valence-electron chi connectivity index (χ3n) is 4.43. The Morgan fingerprint density at radius 2 is 1.95 bits per heavy atom. The van der Waals surface area contributed by atoms with Crippen LogP contribution >= 0.6 is 23.2 Å². The fourth-order valence-corrected chi connectivity index (χ4v) is 3.27. The van der Waals surface area contributed by atoms with E-state index in [1.165, 1.54) is 37.9 Å². The smallest absolute Gasteiger partial charge is 0.0595 e. The van der Waals surface area contributed by atoms with Gasteiger partial charge in [0.2, 0.25) is 0 Å². The Bertz CT molecular complexity index is 428. The van der Waals surface area contributed by atoms with Crippen molar-refractivity contribution >= 4 is 23.2 Å². The minimum atomic E-state index is 0.412. The summed E-state index contributed by atoms with van der Waals surface area (Å²) >= 11 is 12.1. The molecule has 0 amide bonds. The zero-order chi connectivity index (χ0) is 14.5.